The molecule has 2 amide bonds. The first-order valence-corrected chi connectivity index (χ1v) is 14.2. The smallest absolute Gasteiger partial charge is 0.478 e. The molecule has 0 aromatic heterocycles. The lowest BCUT2D eigenvalue weighted by atomic mass is 10.1. The number of carboxylic acid groups (broad SMARTS) is 1. The van der Waals surface area contributed by atoms with Crippen LogP contribution in [0.5, 0.6) is 23.0 Å². The summed E-state index contributed by atoms with van der Waals surface area (Å²) in [5.74, 6) is -6.93. The maximum Gasteiger partial charge on any atom is 0.586 e. The molecule has 51 heavy (non-hydrogen) atoms. The molecule has 0 aliphatic carbocycles. The molecule has 1 N–H and O–H groups in total. The highest BCUT2D eigenvalue weighted by Gasteiger charge is 2.44. The summed E-state index contributed by atoms with van der Waals surface area (Å²) in [6.45, 7) is 0. The van der Waals surface area contributed by atoms with Crippen LogP contribution in [-0.4, -0.2) is 62.7 Å². The summed E-state index contributed by atoms with van der Waals surface area (Å²) in [5, 5.41) is 8.94. The number of alkyl halides is 4. The van der Waals surface area contributed by atoms with E-state index in [-0.39, 0.29) is 51.1 Å². The average molecular weight is 721 g/mol. The van der Waals surface area contributed by atoms with Crippen molar-refractivity contribution in [3.05, 3.63) is 107 Å². The number of hydrogen-bond donors (Lipinski definition) is 1. The SMILES string of the molecule is CN(C(=O)c1ccc2c(c1)OC(F)(F)O2)c1cccc(C(=O)O)c1F.COC(=O)c1cccc(N(C)C(=O)c2ccc3c(c2)OC(F)(F)O3)c1F. The molecule has 0 saturated carbocycles. The third kappa shape index (κ3) is 7.29. The summed E-state index contributed by atoms with van der Waals surface area (Å²) >= 11 is 0. The number of benzene rings is 4. The molecule has 0 radical (unpaired) electrons. The van der Waals surface area contributed by atoms with Crippen molar-refractivity contribution in [2.24, 2.45) is 0 Å². The number of nitrogens with zero attached hydrogens (tertiary/aromatic N) is 2. The van der Waals surface area contributed by atoms with E-state index in [9.17, 15) is 45.5 Å². The maximum atomic E-state index is 14.5. The van der Waals surface area contributed by atoms with Gasteiger partial charge in [-0.3, -0.25) is 9.59 Å². The Balaban J connectivity index is 0.000000198. The second-order valence-corrected chi connectivity index (χ2v) is 10.5. The van der Waals surface area contributed by atoms with E-state index in [0.717, 1.165) is 47.2 Å². The fraction of sp³-hybridized carbons (Fsp3) is 0.152. The van der Waals surface area contributed by atoms with Crippen LogP contribution in [0.15, 0.2) is 72.8 Å². The van der Waals surface area contributed by atoms with Crippen molar-refractivity contribution in [2.75, 3.05) is 31.0 Å². The zero-order valence-corrected chi connectivity index (χ0v) is 26.2. The van der Waals surface area contributed by atoms with Gasteiger partial charge in [-0.25, -0.2) is 18.4 Å². The van der Waals surface area contributed by atoms with Crippen LogP contribution in [0, 0.1) is 11.6 Å². The maximum absolute atomic E-state index is 14.5. The third-order valence-electron chi connectivity index (χ3n) is 7.22. The number of rotatable bonds is 6. The van der Waals surface area contributed by atoms with E-state index in [1.807, 2.05) is 0 Å². The van der Waals surface area contributed by atoms with Crippen LogP contribution in [-0.2, 0) is 4.74 Å². The van der Waals surface area contributed by atoms with Crippen molar-refractivity contribution in [2.45, 2.75) is 12.6 Å². The summed E-state index contributed by atoms with van der Waals surface area (Å²) in [5.41, 5.74) is -1.48. The third-order valence-corrected chi connectivity index (χ3v) is 7.22. The van der Waals surface area contributed by atoms with Crippen LogP contribution in [0.1, 0.15) is 41.4 Å². The topological polar surface area (TPSA) is 141 Å². The van der Waals surface area contributed by atoms with E-state index in [2.05, 4.69) is 23.7 Å². The summed E-state index contributed by atoms with van der Waals surface area (Å²) < 4.78 is 102. The second kappa shape index (κ2) is 13.4. The average Bonchev–Trinajstić information content (AvgIpc) is 3.58. The highest BCUT2D eigenvalue weighted by atomic mass is 19.3. The normalized spacial score (nSPS) is 14.1. The van der Waals surface area contributed by atoms with Gasteiger partial charge >= 0.3 is 24.5 Å². The molecule has 0 atom stereocenters. The van der Waals surface area contributed by atoms with Gasteiger partial charge in [-0.15, -0.1) is 17.6 Å². The van der Waals surface area contributed by atoms with Crippen molar-refractivity contribution in [1.82, 2.24) is 0 Å². The van der Waals surface area contributed by atoms with Gasteiger partial charge in [0.05, 0.1) is 29.6 Å². The Morgan fingerprint density at radius 2 is 1.02 bits per heavy atom. The lowest BCUT2D eigenvalue weighted by Crippen LogP contribution is -2.27. The minimum absolute atomic E-state index is 0.0320. The molecule has 0 spiro atoms. The van der Waals surface area contributed by atoms with Gasteiger partial charge < -0.3 is 38.6 Å². The first-order chi connectivity index (χ1) is 23.9. The molecule has 0 saturated heterocycles. The molecule has 4 aromatic rings. The fourth-order valence-corrected chi connectivity index (χ4v) is 4.76. The predicted molar refractivity (Wildman–Crippen MR) is 162 cm³/mol. The van der Waals surface area contributed by atoms with Crippen molar-refractivity contribution >= 4 is 35.1 Å². The number of ether oxygens (including phenoxy) is 5. The molecule has 12 nitrogen and oxygen atoms in total. The predicted octanol–water partition coefficient (Wildman–Crippen LogP) is 6.33. The molecule has 4 aromatic carbocycles. The zero-order chi connectivity index (χ0) is 37.4. The molecule has 2 aliphatic heterocycles. The van der Waals surface area contributed by atoms with E-state index in [1.54, 1.807) is 0 Å². The number of hydrogen-bond acceptors (Lipinski definition) is 9. The minimum atomic E-state index is -3.82. The molecular formula is C33H22F6N2O10. The Labute approximate surface area is 282 Å². The first-order valence-electron chi connectivity index (χ1n) is 14.2. The number of aromatic carboxylic acids is 1. The largest absolute Gasteiger partial charge is 0.586 e. The quantitative estimate of drug-likeness (QED) is 0.177. The fourth-order valence-electron chi connectivity index (χ4n) is 4.76. The van der Waals surface area contributed by atoms with E-state index in [4.69, 9.17) is 5.11 Å². The molecular weight excluding hydrogens is 698 g/mol. The number of fused-ring (bicyclic) bond motifs is 2. The standard InChI is InChI=1S/C17H12F3NO5.C16H10F3NO5/c1-21(11-5-3-4-10(14(11)18)16(23)24-2)15(22)9-6-7-12-13(8-9)26-17(19,20)25-12;1-20(10-4-2-3-9(13(10)17)15(22)23)14(21)8-5-6-11-12(7-8)25-16(18,19)24-11/h3-8H,1-2H3;2-7H,1H3,(H,22,23). The molecule has 2 heterocycles. The Kier molecular flexibility index (Phi) is 9.45. The van der Waals surface area contributed by atoms with Gasteiger partial charge in [0.2, 0.25) is 0 Å². The summed E-state index contributed by atoms with van der Waals surface area (Å²) in [4.78, 5) is 49.4. The van der Waals surface area contributed by atoms with Gasteiger partial charge in [0.1, 0.15) is 0 Å². The van der Waals surface area contributed by atoms with Gasteiger partial charge in [-0.1, -0.05) is 12.1 Å². The van der Waals surface area contributed by atoms with Crippen LogP contribution < -0.4 is 28.7 Å². The Bertz CT molecular complexity index is 2080. The van der Waals surface area contributed by atoms with Gasteiger partial charge in [0.15, 0.2) is 34.6 Å². The number of halogens is 6. The monoisotopic (exact) mass is 720 g/mol. The minimum Gasteiger partial charge on any atom is -0.478 e. The number of carboxylic acids is 1. The lowest BCUT2D eigenvalue weighted by Gasteiger charge is -2.19. The number of amides is 2. The van der Waals surface area contributed by atoms with Crippen molar-refractivity contribution in [1.29, 1.82) is 0 Å². The lowest BCUT2D eigenvalue weighted by molar-refractivity contribution is -0.287. The van der Waals surface area contributed by atoms with E-state index in [1.165, 1.54) is 56.6 Å². The van der Waals surface area contributed by atoms with E-state index in [0.29, 0.717) is 0 Å². The van der Waals surface area contributed by atoms with Crippen molar-refractivity contribution in [3.63, 3.8) is 0 Å². The van der Waals surface area contributed by atoms with Gasteiger partial charge in [-0.2, -0.15) is 0 Å². The molecule has 2 aliphatic rings. The Morgan fingerprint density at radius 3 is 1.43 bits per heavy atom. The molecule has 266 valence electrons. The van der Waals surface area contributed by atoms with E-state index >= 15 is 0 Å². The van der Waals surface area contributed by atoms with Crippen molar-refractivity contribution < 1.29 is 74.3 Å². The molecule has 0 unspecified atom stereocenters. The molecule has 18 heteroatoms. The summed E-state index contributed by atoms with van der Waals surface area (Å²) in [6.07, 6.45) is -7.63. The number of methoxy groups -OCH3 is 1. The van der Waals surface area contributed by atoms with Crippen LogP contribution in [0.2, 0.25) is 0 Å². The Hall–Kier alpha value is -6.46. The number of carbonyl (C=O) groups is 4. The van der Waals surface area contributed by atoms with E-state index < -0.39 is 53.5 Å². The summed E-state index contributed by atoms with van der Waals surface area (Å²) in [6, 6.07) is 14.3. The second-order valence-electron chi connectivity index (χ2n) is 10.5. The van der Waals surface area contributed by atoms with Gasteiger partial charge in [0, 0.05) is 25.2 Å². The van der Waals surface area contributed by atoms with Gasteiger partial charge in [0.25, 0.3) is 11.8 Å². The van der Waals surface area contributed by atoms with Crippen molar-refractivity contribution in [3.8, 4) is 23.0 Å². The van der Waals surface area contributed by atoms with Crippen LogP contribution in [0.4, 0.5) is 37.7 Å². The summed E-state index contributed by atoms with van der Waals surface area (Å²) in [7, 11) is 3.61. The molecule has 0 bridgehead atoms. The van der Waals surface area contributed by atoms with Crippen LogP contribution in [0.3, 0.4) is 0 Å². The molecule has 0 fully saturated rings. The number of anilines is 2. The highest BCUT2D eigenvalue weighted by molar-refractivity contribution is 6.07. The first kappa shape index (κ1) is 35.8. The number of carbonyl (C=O) groups excluding carboxylic acids is 3. The number of esters is 1. The van der Waals surface area contributed by atoms with Gasteiger partial charge in [-0.05, 0) is 60.7 Å². The highest BCUT2D eigenvalue weighted by Crippen LogP contribution is 2.42. The van der Waals surface area contributed by atoms with Crippen LogP contribution >= 0.6 is 0 Å². The zero-order valence-electron chi connectivity index (χ0n) is 26.2. The Morgan fingerprint density at radius 1 is 0.627 bits per heavy atom. The molecule has 6 rings (SSSR count). The van der Waals surface area contributed by atoms with Crippen LogP contribution in [0.25, 0.3) is 0 Å².